The van der Waals surface area contributed by atoms with Gasteiger partial charge in [-0.05, 0) is 39.8 Å². The number of alkyl carbamates (subject to hydrolysis) is 1. The molecule has 124 valence electrons. The number of amides is 1. The summed E-state index contributed by atoms with van der Waals surface area (Å²) in [6.07, 6.45) is -0.394. The SMILES string of the molecule is CC(CNC(=O)OC(C)(C)C)NCc1ccc2ccccc2n1. The maximum atomic E-state index is 11.6. The number of fused-ring (bicyclic) bond motifs is 1. The van der Waals surface area contributed by atoms with E-state index < -0.39 is 11.7 Å². The number of nitrogens with one attached hydrogen (secondary N) is 2. The fourth-order valence-electron chi connectivity index (χ4n) is 2.11. The lowest BCUT2D eigenvalue weighted by Crippen LogP contribution is -2.41. The normalized spacial score (nSPS) is 12.9. The summed E-state index contributed by atoms with van der Waals surface area (Å²) in [6.45, 7) is 8.71. The molecule has 0 bridgehead atoms. The molecule has 0 spiro atoms. The van der Waals surface area contributed by atoms with Gasteiger partial charge in [-0.2, -0.15) is 0 Å². The van der Waals surface area contributed by atoms with Gasteiger partial charge in [-0.1, -0.05) is 24.3 Å². The minimum Gasteiger partial charge on any atom is -0.444 e. The first-order valence-corrected chi connectivity index (χ1v) is 7.88. The Labute approximate surface area is 137 Å². The van der Waals surface area contributed by atoms with Crippen molar-refractivity contribution < 1.29 is 9.53 Å². The maximum absolute atomic E-state index is 11.6. The summed E-state index contributed by atoms with van der Waals surface area (Å²) in [7, 11) is 0. The number of carbonyl (C=O) groups is 1. The van der Waals surface area contributed by atoms with Crippen LogP contribution in [0.4, 0.5) is 4.79 Å². The van der Waals surface area contributed by atoms with Crippen molar-refractivity contribution in [1.82, 2.24) is 15.6 Å². The molecule has 5 heteroatoms. The molecule has 0 saturated carbocycles. The molecule has 1 heterocycles. The lowest BCUT2D eigenvalue weighted by Gasteiger charge is -2.21. The molecule has 23 heavy (non-hydrogen) atoms. The Hall–Kier alpha value is -2.14. The van der Waals surface area contributed by atoms with E-state index in [1.807, 2.05) is 58.0 Å². The van der Waals surface area contributed by atoms with Crippen LogP contribution >= 0.6 is 0 Å². The van der Waals surface area contributed by atoms with Gasteiger partial charge in [-0.3, -0.25) is 4.98 Å². The third-order valence-corrected chi connectivity index (χ3v) is 3.24. The predicted molar refractivity (Wildman–Crippen MR) is 92.3 cm³/mol. The van der Waals surface area contributed by atoms with Crippen molar-refractivity contribution in [3.8, 4) is 0 Å². The lowest BCUT2D eigenvalue weighted by molar-refractivity contribution is 0.0523. The quantitative estimate of drug-likeness (QED) is 0.889. The number of para-hydroxylation sites is 1. The number of hydrogen-bond acceptors (Lipinski definition) is 4. The zero-order valence-electron chi connectivity index (χ0n) is 14.2. The monoisotopic (exact) mass is 315 g/mol. The number of hydrogen-bond donors (Lipinski definition) is 2. The van der Waals surface area contributed by atoms with Crippen LogP contribution < -0.4 is 10.6 Å². The Morgan fingerprint density at radius 3 is 2.70 bits per heavy atom. The number of carbonyl (C=O) groups excluding carboxylic acids is 1. The maximum Gasteiger partial charge on any atom is 0.407 e. The first-order valence-electron chi connectivity index (χ1n) is 7.88. The van der Waals surface area contributed by atoms with Crippen molar-refractivity contribution in [1.29, 1.82) is 0 Å². The molecule has 0 fully saturated rings. The van der Waals surface area contributed by atoms with Gasteiger partial charge in [0.15, 0.2) is 0 Å². The number of rotatable bonds is 5. The van der Waals surface area contributed by atoms with Gasteiger partial charge in [0.25, 0.3) is 0 Å². The Balaban J connectivity index is 1.79. The van der Waals surface area contributed by atoms with Crippen LogP contribution in [0.2, 0.25) is 0 Å². The second-order valence-corrected chi connectivity index (χ2v) is 6.66. The van der Waals surface area contributed by atoms with Gasteiger partial charge in [0, 0.05) is 24.5 Å². The standard InChI is InChI=1S/C18H25N3O2/c1-13(11-20-17(22)23-18(2,3)4)19-12-15-10-9-14-7-5-6-8-16(14)21-15/h5-10,13,19H,11-12H2,1-4H3,(H,20,22). The van der Waals surface area contributed by atoms with Crippen molar-refractivity contribution in [2.75, 3.05) is 6.54 Å². The Kier molecular flexibility index (Phi) is 5.55. The van der Waals surface area contributed by atoms with Crippen LogP contribution in [0.15, 0.2) is 36.4 Å². The fraction of sp³-hybridized carbons (Fsp3) is 0.444. The number of aromatic nitrogens is 1. The summed E-state index contributed by atoms with van der Waals surface area (Å²) in [6, 6.07) is 12.3. The van der Waals surface area contributed by atoms with Gasteiger partial charge in [0.2, 0.25) is 0 Å². The summed E-state index contributed by atoms with van der Waals surface area (Å²) >= 11 is 0. The average molecular weight is 315 g/mol. The number of benzene rings is 1. The van der Waals surface area contributed by atoms with Gasteiger partial charge in [-0.25, -0.2) is 4.79 Å². The van der Waals surface area contributed by atoms with E-state index in [0.717, 1.165) is 16.6 Å². The molecule has 1 unspecified atom stereocenters. The third-order valence-electron chi connectivity index (χ3n) is 3.24. The molecule has 1 aromatic carbocycles. The zero-order chi connectivity index (χ0) is 16.9. The summed E-state index contributed by atoms with van der Waals surface area (Å²) in [5.74, 6) is 0. The van der Waals surface area contributed by atoms with E-state index in [0.29, 0.717) is 13.1 Å². The number of nitrogens with zero attached hydrogens (tertiary/aromatic N) is 1. The van der Waals surface area contributed by atoms with Gasteiger partial charge in [-0.15, -0.1) is 0 Å². The summed E-state index contributed by atoms with van der Waals surface area (Å²) in [5, 5.41) is 7.24. The van der Waals surface area contributed by atoms with E-state index in [1.54, 1.807) is 0 Å². The van der Waals surface area contributed by atoms with E-state index in [-0.39, 0.29) is 6.04 Å². The largest absolute Gasteiger partial charge is 0.444 e. The van der Waals surface area contributed by atoms with Gasteiger partial charge < -0.3 is 15.4 Å². The second kappa shape index (κ2) is 7.42. The molecule has 0 aliphatic heterocycles. The molecule has 2 N–H and O–H groups in total. The molecule has 2 rings (SSSR count). The van der Waals surface area contributed by atoms with E-state index in [2.05, 4.69) is 21.7 Å². The Morgan fingerprint density at radius 2 is 1.96 bits per heavy atom. The molecule has 0 radical (unpaired) electrons. The van der Waals surface area contributed by atoms with Crippen LogP contribution in [0.3, 0.4) is 0 Å². The third kappa shape index (κ3) is 5.87. The van der Waals surface area contributed by atoms with Crippen molar-refractivity contribution in [3.05, 3.63) is 42.1 Å². The van der Waals surface area contributed by atoms with Crippen molar-refractivity contribution >= 4 is 17.0 Å². The van der Waals surface area contributed by atoms with Gasteiger partial charge >= 0.3 is 6.09 Å². The fourth-order valence-corrected chi connectivity index (χ4v) is 2.11. The smallest absolute Gasteiger partial charge is 0.407 e. The highest BCUT2D eigenvalue weighted by Gasteiger charge is 2.16. The second-order valence-electron chi connectivity index (χ2n) is 6.66. The zero-order valence-corrected chi connectivity index (χ0v) is 14.2. The average Bonchev–Trinajstić information content (AvgIpc) is 2.49. The summed E-state index contributed by atoms with van der Waals surface area (Å²) in [4.78, 5) is 16.2. The van der Waals surface area contributed by atoms with Gasteiger partial charge in [0.1, 0.15) is 5.60 Å². The van der Waals surface area contributed by atoms with Crippen molar-refractivity contribution in [2.24, 2.45) is 0 Å². The van der Waals surface area contributed by atoms with Crippen LogP contribution in [-0.4, -0.2) is 29.3 Å². The molecule has 0 aliphatic carbocycles. The minimum absolute atomic E-state index is 0.121. The molecule has 5 nitrogen and oxygen atoms in total. The van der Waals surface area contributed by atoms with Crippen molar-refractivity contribution in [3.63, 3.8) is 0 Å². The molecular formula is C18H25N3O2. The van der Waals surface area contributed by atoms with Gasteiger partial charge in [0.05, 0.1) is 11.2 Å². The first-order chi connectivity index (χ1) is 10.8. The van der Waals surface area contributed by atoms with Crippen LogP contribution in [0, 0.1) is 0 Å². The highest BCUT2D eigenvalue weighted by atomic mass is 16.6. The number of ether oxygens (including phenoxy) is 1. The highest BCUT2D eigenvalue weighted by Crippen LogP contribution is 2.11. The topological polar surface area (TPSA) is 63.2 Å². The number of pyridine rings is 1. The lowest BCUT2D eigenvalue weighted by atomic mass is 10.2. The van der Waals surface area contributed by atoms with E-state index in [1.165, 1.54) is 0 Å². The molecule has 2 aromatic rings. The van der Waals surface area contributed by atoms with E-state index in [9.17, 15) is 4.79 Å². The van der Waals surface area contributed by atoms with Crippen molar-refractivity contribution in [2.45, 2.75) is 45.9 Å². The van der Waals surface area contributed by atoms with Crippen LogP contribution in [0.25, 0.3) is 10.9 Å². The molecular weight excluding hydrogens is 290 g/mol. The van der Waals surface area contributed by atoms with Crippen LogP contribution in [-0.2, 0) is 11.3 Å². The first kappa shape index (κ1) is 17.2. The predicted octanol–water partition coefficient (Wildman–Crippen LogP) is 3.24. The minimum atomic E-state index is -0.476. The van der Waals surface area contributed by atoms with E-state index >= 15 is 0 Å². The van der Waals surface area contributed by atoms with Crippen LogP contribution in [0.5, 0.6) is 0 Å². The highest BCUT2D eigenvalue weighted by molar-refractivity contribution is 5.78. The summed E-state index contributed by atoms with van der Waals surface area (Å²) in [5.41, 5.74) is 1.50. The van der Waals surface area contributed by atoms with Crippen LogP contribution in [0.1, 0.15) is 33.4 Å². The molecule has 1 aromatic heterocycles. The van der Waals surface area contributed by atoms with E-state index in [4.69, 9.17) is 4.74 Å². The Morgan fingerprint density at radius 1 is 1.22 bits per heavy atom. The molecule has 0 aliphatic rings. The molecule has 1 amide bonds. The molecule has 1 atom stereocenters. The Bertz CT molecular complexity index is 665. The summed E-state index contributed by atoms with van der Waals surface area (Å²) < 4.78 is 5.21. The molecule has 0 saturated heterocycles.